The summed E-state index contributed by atoms with van der Waals surface area (Å²) in [6, 6.07) is 1.19. The second-order valence-corrected chi connectivity index (χ2v) is 3.27. The van der Waals surface area contributed by atoms with E-state index in [9.17, 15) is 22.0 Å². The number of anilines is 1. The number of nitrogens with two attached hydrogens (primary N) is 1. The van der Waals surface area contributed by atoms with E-state index in [2.05, 4.69) is 14.7 Å². The molecule has 1 heterocycles. The molecular formula is C9H4F5N3O. The van der Waals surface area contributed by atoms with Crippen LogP contribution < -0.4 is 5.73 Å². The first-order chi connectivity index (χ1) is 8.29. The van der Waals surface area contributed by atoms with E-state index in [4.69, 9.17) is 5.73 Å². The van der Waals surface area contributed by atoms with Gasteiger partial charge in [0.05, 0.1) is 5.56 Å². The molecule has 1 aromatic carbocycles. The Morgan fingerprint density at radius 3 is 2.28 bits per heavy atom. The number of nitrogen functional groups attached to an aromatic ring is 1. The van der Waals surface area contributed by atoms with Crippen LogP contribution in [0.2, 0.25) is 0 Å². The highest BCUT2D eigenvalue weighted by Gasteiger charge is 2.37. The first kappa shape index (κ1) is 12.3. The molecule has 0 radical (unpaired) electrons. The van der Waals surface area contributed by atoms with Crippen molar-refractivity contribution in [1.29, 1.82) is 0 Å². The van der Waals surface area contributed by atoms with Gasteiger partial charge < -0.3 is 10.3 Å². The van der Waals surface area contributed by atoms with E-state index >= 15 is 0 Å². The van der Waals surface area contributed by atoms with Gasteiger partial charge in [-0.05, 0) is 6.07 Å². The number of hydrogen-bond acceptors (Lipinski definition) is 4. The molecule has 2 aromatic rings. The van der Waals surface area contributed by atoms with Crippen LogP contribution in [0.15, 0.2) is 16.7 Å². The highest BCUT2D eigenvalue weighted by atomic mass is 19.4. The molecule has 0 atom stereocenters. The van der Waals surface area contributed by atoms with Crippen LogP contribution in [0, 0.1) is 11.6 Å². The standard InChI is InChI=1S/C9H4F5N3O/c10-4-1-3(6(15)2-5(4)11)7-16-8(17-18-7)9(12,13)14/h1-2H,15H2. The van der Waals surface area contributed by atoms with Gasteiger partial charge in [0.2, 0.25) is 0 Å². The third kappa shape index (κ3) is 2.11. The minimum absolute atomic E-state index is 0.308. The predicted molar refractivity (Wildman–Crippen MR) is 49.1 cm³/mol. The van der Waals surface area contributed by atoms with Gasteiger partial charge in [-0.1, -0.05) is 5.16 Å². The van der Waals surface area contributed by atoms with Crippen molar-refractivity contribution in [3.63, 3.8) is 0 Å². The number of nitrogens with zero attached hydrogens (tertiary/aromatic N) is 2. The fourth-order valence-electron chi connectivity index (χ4n) is 1.20. The Morgan fingerprint density at radius 1 is 1.11 bits per heavy atom. The lowest BCUT2D eigenvalue weighted by Crippen LogP contribution is -2.07. The fourth-order valence-corrected chi connectivity index (χ4v) is 1.20. The average Bonchev–Trinajstić information content (AvgIpc) is 2.72. The third-order valence-corrected chi connectivity index (χ3v) is 2.00. The first-order valence-corrected chi connectivity index (χ1v) is 4.45. The molecule has 18 heavy (non-hydrogen) atoms. The zero-order valence-corrected chi connectivity index (χ0v) is 8.42. The summed E-state index contributed by atoms with van der Waals surface area (Å²) in [5.74, 6) is -4.68. The molecule has 0 fully saturated rings. The third-order valence-electron chi connectivity index (χ3n) is 2.00. The Morgan fingerprint density at radius 2 is 1.72 bits per heavy atom. The number of alkyl halides is 3. The number of rotatable bonds is 1. The second kappa shape index (κ2) is 3.93. The van der Waals surface area contributed by atoms with Gasteiger partial charge in [-0.25, -0.2) is 8.78 Å². The molecule has 0 aliphatic rings. The minimum Gasteiger partial charge on any atom is -0.398 e. The van der Waals surface area contributed by atoms with Crippen molar-refractivity contribution in [1.82, 2.24) is 10.1 Å². The number of halogens is 5. The minimum atomic E-state index is -4.80. The zero-order chi connectivity index (χ0) is 13.5. The normalized spacial score (nSPS) is 11.8. The molecule has 4 nitrogen and oxygen atoms in total. The molecular weight excluding hydrogens is 261 g/mol. The molecule has 0 unspecified atom stereocenters. The average molecular weight is 265 g/mol. The van der Waals surface area contributed by atoms with Gasteiger partial charge in [-0.2, -0.15) is 18.2 Å². The van der Waals surface area contributed by atoms with Crippen LogP contribution in [-0.4, -0.2) is 10.1 Å². The van der Waals surface area contributed by atoms with Crippen LogP contribution in [0.4, 0.5) is 27.6 Å². The molecule has 0 amide bonds. The molecule has 1 aromatic heterocycles. The molecule has 9 heteroatoms. The van der Waals surface area contributed by atoms with Crippen molar-refractivity contribution in [2.75, 3.05) is 5.73 Å². The van der Waals surface area contributed by atoms with Crippen LogP contribution in [0.3, 0.4) is 0 Å². The maximum absolute atomic E-state index is 12.9. The van der Waals surface area contributed by atoms with E-state index in [1.54, 1.807) is 0 Å². The van der Waals surface area contributed by atoms with E-state index in [1.165, 1.54) is 0 Å². The van der Waals surface area contributed by atoms with Crippen LogP contribution >= 0.6 is 0 Å². The quantitative estimate of drug-likeness (QED) is 0.635. The zero-order valence-electron chi connectivity index (χ0n) is 8.42. The van der Waals surface area contributed by atoms with Crippen molar-refractivity contribution in [3.8, 4) is 11.5 Å². The van der Waals surface area contributed by atoms with Gasteiger partial charge >= 0.3 is 6.18 Å². The van der Waals surface area contributed by atoms with Crippen LogP contribution in [0.1, 0.15) is 5.82 Å². The molecule has 96 valence electrons. The van der Waals surface area contributed by atoms with E-state index in [-0.39, 0.29) is 11.3 Å². The molecule has 0 saturated carbocycles. The molecule has 0 saturated heterocycles. The van der Waals surface area contributed by atoms with Crippen LogP contribution in [0.25, 0.3) is 11.5 Å². The Labute approximate surface area is 96.2 Å². The molecule has 0 aliphatic carbocycles. The highest BCUT2D eigenvalue weighted by Crippen LogP contribution is 2.31. The van der Waals surface area contributed by atoms with Gasteiger partial charge in [0, 0.05) is 11.8 Å². The lowest BCUT2D eigenvalue weighted by molar-refractivity contribution is -0.146. The van der Waals surface area contributed by atoms with Gasteiger partial charge in [0.25, 0.3) is 11.7 Å². The topological polar surface area (TPSA) is 64.9 Å². The maximum atomic E-state index is 12.9. The molecule has 0 bridgehead atoms. The summed E-state index contributed by atoms with van der Waals surface area (Å²) in [6.45, 7) is 0. The summed E-state index contributed by atoms with van der Waals surface area (Å²) in [6.07, 6.45) is -4.80. The van der Waals surface area contributed by atoms with Crippen molar-refractivity contribution < 1.29 is 26.5 Å². The number of aromatic nitrogens is 2. The van der Waals surface area contributed by atoms with Crippen LogP contribution in [-0.2, 0) is 6.18 Å². The largest absolute Gasteiger partial charge is 0.455 e. The summed E-state index contributed by atoms with van der Waals surface area (Å²) >= 11 is 0. The maximum Gasteiger partial charge on any atom is 0.455 e. The first-order valence-electron chi connectivity index (χ1n) is 4.45. The summed E-state index contributed by atoms with van der Waals surface area (Å²) in [4.78, 5) is 3.01. The molecule has 0 aliphatic heterocycles. The van der Waals surface area contributed by atoms with Crippen molar-refractivity contribution in [2.24, 2.45) is 0 Å². The van der Waals surface area contributed by atoms with E-state index in [0.717, 1.165) is 0 Å². The summed E-state index contributed by atoms with van der Waals surface area (Å²) in [5, 5.41) is 2.67. The molecule has 0 spiro atoms. The molecule has 2 N–H and O–H groups in total. The Balaban J connectivity index is 2.50. The Hall–Kier alpha value is -2.19. The van der Waals surface area contributed by atoms with Gasteiger partial charge in [0.15, 0.2) is 11.6 Å². The fraction of sp³-hybridized carbons (Fsp3) is 0.111. The summed E-state index contributed by atoms with van der Waals surface area (Å²) < 4.78 is 66.6. The molecule has 2 rings (SSSR count). The van der Waals surface area contributed by atoms with Gasteiger partial charge in [-0.15, -0.1) is 0 Å². The van der Waals surface area contributed by atoms with Gasteiger partial charge in [0.1, 0.15) is 0 Å². The smallest absolute Gasteiger partial charge is 0.398 e. The van der Waals surface area contributed by atoms with Crippen molar-refractivity contribution in [2.45, 2.75) is 6.18 Å². The van der Waals surface area contributed by atoms with Crippen LogP contribution in [0.5, 0.6) is 0 Å². The lowest BCUT2D eigenvalue weighted by Gasteiger charge is -2.01. The Kier molecular flexibility index (Phi) is 2.68. The van der Waals surface area contributed by atoms with Crippen molar-refractivity contribution in [3.05, 3.63) is 29.6 Å². The highest BCUT2D eigenvalue weighted by molar-refractivity contribution is 5.70. The number of benzene rings is 1. The SMILES string of the molecule is Nc1cc(F)c(F)cc1-c1nc(C(F)(F)F)no1. The van der Waals surface area contributed by atoms with Crippen molar-refractivity contribution >= 4 is 5.69 Å². The Bertz CT molecular complexity index is 592. The van der Waals surface area contributed by atoms with E-state index < -0.39 is 29.5 Å². The van der Waals surface area contributed by atoms with E-state index in [0.29, 0.717) is 12.1 Å². The van der Waals surface area contributed by atoms with Gasteiger partial charge in [-0.3, -0.25) is 0 Å². The monoisotopic (exact) mass is 265 g/mol. The second-order valence-electron chi connectivity index (χ2n) is 3.27. The van der Waals surface area contributed by atoms with E-state index in [1.807, 2.05) is 0 Å². The summed E-state index contributed by atoms with van der Waals surface area (Å²) in [7, 11) is 0. The lowest BCUT2D eigenvalue weighted by atomic mass is 10.1. The predicted octanol–water partition coefficient (Wildman–Crippen LogP) is 2.62. The summed E-state index contributed by atoms with van der Waals surface area (Å²) in [5.41, 5.74) is 4.70. The number of hydrogen-bond donors (Lipinski definition) is 1.